The van der Waals surface area contributed by atoms with Crippen molar-refractivity contribution in [3.63, 3.8) is 0 Å². The fourth-order valence-electron chi connectivity index (χ4n) is 2.29. The molecule has 0 aliphatic heterocycles. The molecule has 25 heavy (non-hydrogen) atoms. The van der Waals surface area contributed by atoms with Crippen molar-refractivity contribution >= 4 is 11.9 Å². The number of likely N-dealkylation sites (N-methyl/N-ethyl adjacent to an activating group) is 1. The van der Waals surface area contributed by atoms with Gasteiger partial charge in [-0.05, 0) is 51.2 Å². The molecular formula is C18H26N6O. The molecule has 2 aromatic rings. The van der Waals surface area contributed by atoms with Crippen LogP contribution >= 0.6 is 0 Å². The minimum absolute atomic E-state index is 0.0757. The van der Waals surface area contributed by atoms with Crippen LogP contribution in [0.15, 0.2) is 36.9 Å². The first-order chi connectivity index (χ1) is 12.1. The van der Waals surface area contributed by atoms with E-state index in [4.69, 9.17) is 0 Å². The highest BCUT2D eigenvalue weighted by Crippen LogP contribution is 2.06. The van der Waals surface area contributed by atoms with Crippen molar-refractivity contribution in [1.29, 1.82) is 0 Å². The predicted molar refractivity (Wildman–Crippen MR) is 98.6 cm³/mol. The molecule has 1 N–H and O–H groups in total. The summed E-state index contributed by atoms with van der Waals surface area (Å²) in [6.45, 7) is 2.44. The monoisotopic (exact) mass is 342 g/mol. The van der Waals surface area contributed by atoms with Gasteiger partial charge in [0.05, 0.1) is 5.56 Å². The van der Waals surface area contributed by atoms with Gasteiger partial charge in [0.1, 0.15) is 0 Å². The molecule has 0 bridgehead atoms. The summed E-state index contributed by atoms with van der Waals surface area (Å²) in [5.41, 5.74) is 1.65. The third kappa shape index (κ3) is 6.46. The Morgan fingerprint density at radius 1 is 1.08 bits per heavy atom. The molecule has 134 valence electrons. The molecule has 2 aromatic heterocycles. The minimum Gasteiger partial charge on any atom is -0.354 e. The number of nitrogens with one attached hydrogen (secondary N) is 1. The Kier molecular flexibility index (Phi) is 7.28. The number of carbonyl (C=O) groups is 1. The Morgan fingerprint density at radius 3 is 2.40 bits per heavy atom. The number of rotatable bonds is 9. The van der Waals surface area contributed by atoms with E-state index in [0.29, 0.717) is 18.1 Å². The molecule has 0 fully saturated rings. The molecule has 7 nitrogen and oxygen atoms in total. The fraction of sp³-hybridized carbons (Fsp3) is 0.444. The number of hydrogen-bond donors (Lipinski definition) is 1. The second kappa shape index (κ2) is 9.68. The van der Waals surface area contributed by atoms with Gasteiger partial charge in [-0.1, -0.05) is 0 Å². The van der Waals surface area contributed by atoms with E-state index in [1.54, 1.807) is 36.7 Å². The van der Waals surface area contributed by atoms with E-state index >= 15 is 0 Å². The average molecular weight is 342 g/mol. The largest absolute Gasteiger partial charge is 0.354 e. The number of hydrogen-bond acceptors (Lipinski definition) is 6. The van der Waals surface area contributed by atoms with E-state index in [1.807, 2.05) is 26.2 Å². The molecule has 0 spiro atoms. The maximum atomic E-state index is 12.4. The Morgan fingerprint density at radius 2 is 1.76 bits per heavy atom. The number of anilines is 1. The van der Waals surface area contributed by atoms with Crippen LogP contribution in [0.1, 0.15) is 22.3 Å². The van der Waals surface area contributed by atoms with Crippen LogP contribution in [0.3, 0.4) is 0 Å². The lowest BCUT2D eigenvalue weighted by atomic mass is 10.2. The topological polar surface area (TPSA) is 74.2 Å². The van der Waals surface area contributed by atoms with Crippen LogP contribution in [0.2, 0.25) is 0 Å². The first-order valence-corrected chi connectivity index (χ1v) is 8.41. The van der Waals surface area contributed by atoms with Crippen molar-refractivity contribution in [3.05, 3.63) is 48.0 Å². The molecule has 0 unspecified atom stereocenters. The van der Waals surface area contributed by atoms with Gasteiger partial charge in [-0.2, -0.15) is 0 Å². The van der Waals surface area contributed by atoms with E-state index in [0.717, 1.165) is 31.5 Å². The second-order valence-electron chi connectivity index (χ2n) is 6.21. The number of pyridine rings is 1. The lowest BCUT2D eigenvalue weighted by Crippen LogP contribution is -2.29. The van der Waals surface area contributed by atoms with Crippen molar-refractivity contribution < 1.29 is 4.79 Å². The highest BCUT2D eigenvalue weighted by molar-refractivity contribution is 5.93. The van der Waals surface area contributed by atoms with Crippen LogP contribution in [0, 0.1) is 0 Å². The maximum Gasteiger partial charge on any atom is 0.256 e. The number of aromatic nitrogens is 3. The van der Waals surface area contributed by atoms with Gasteiger partial charge in [-0.15, -0.1) is 0 Å². The van der Waals surface area contributed by atoms with Crippen LogP contribution < -0.4 is 5.32 Å². The van der Waals surface area contributed by atoms with Gasteiger partial charge < -0.3 is 15.1 Å². The molecule has 0 saturated heterocycles. The lowest BCUT2D eigenvalue weighted by Gasteiger charge is -2.17. The van der Waals surface area contributed by atoms with Gasteiger partial charge in [-0.3, -0.25) is 9.78 Å². The number of nitrogens with zero attached hydrogens (tertiary/aromatic N) is 5. The molecule has 0 saturated carbocycles. The summed E-state index contributed by atoms with van der Waals surface area (Å²) in [6, 6.07) is 3.91. The molecule has 7 heteroatoms. The second-order valence-corrected chi connectivity index (χ2v) is 6.21. The predicted octanol–water partition coefficient (Wildman–Crippen LogP) is 1.55. The average Bonchev–Trinajstić information content (AvgIpc) is 2.64. The summed E-state index contributed by atoms with van der Waals surface area (Å²) in [6.07, 6.45) is 8.47. The first kappa shape index (κ1) is 18.8. The molecule has 2 heterocycles. The van der Waals surface area contributed by atoms with Gasteiger partial charge in [0.2, 0.25) is 5.95 Å². The lowest BCUT2D eigenvalue weighted by molar-refractivity contribution is 0.0796. The SMILES string of the molecule is CN(C)CCCNc1ncc(C(=O)N(C)CCc2ccncc2)cn1. The smallest absolute Gasteiger partial charge is 0.256 e. The van der Waals surface area contributed by atoms with Crippen LogP contribution in [-0.2, 0) is 6.42 Å². The summed E-state index contributed by atoms with van der Waals surface area (Å²) in [7, 11) is 5.88. The Hall–Kier alpha value is -2.54. The Bertz CT molecular complexity index is 644. The van der Waals surface area contributed by atoms with Crippen molar-refractivity contribution in [2.24, 2.45) is 0 Å². The maximum absolute atomic E-state index is 12.4. The van der Waals surface area contributed by atoms with E-state index in [9.17, 15) is 4.79 Å². The standard InChI is InChI=1S/C18H26N6O/c1-23(2)11-4-8-20-18-21-13-16(14-22-18)17(25)24(3)12-7-15-5-9-19-10-6-15/h5-6,9-10,13-14H,4,7-8,11-12H2,1-3H3,(H,20,21,22). The molecular weight excluding hydrogens is 316 g/mol. The molecule has 0 aliphatic rings. The zero-order valence-corrected chi connectivity index (χ0v) is 15.1. The summed E-state index contributed by atoms with van der Waals surface area (Å²) < 4.78 is 0. The molecule has 2 rings (SSSR count). The molecule has 0 aromatic carbocycles. The summed E-state index contributed by atoms with van der Waals surface area (Å²) >= 11 is 0. The molecule has 0 radical (unpaired) electrons. The molecule has 0 aliphatic carbocycles. The third-order valence-electron chi connectivity index (χ3n) is 3.80. The van der Waals surface area contributed by atoms with Crippen LogP contribution in [-0.4, -0.2) is 71.4 Å². The van der Waals surface area contributed by atoms with E-state index < -0.39 is 0 Å². The zero-order valence-electron chi connectivity index (χ0n) is 15.1. The molecule has 1 amide bonds. The van der Waals surface area contributed by atoms with Gasteiger partial charge in [0.25, 0.3) is 5.91 Å². The van der Waals surface area contributed by atoms with Gasteiger partial charge in [0.15, 0.2) is 0 Å². The van der Waals surface area contributed by atoms with Crippen LogP contribution in [0.5, 0.6) is 0 Å². The number of carbonyl (C=O) groups excluding carboxylic acids is 1. The zero-order chi connectivity index (χ0) is 18.1. The van der Waals surface area contributed by atoms with Crippen molar-refractivity contribution in [2.75, 3.05) is 46.1 Å². The fourth-order valence-corrected chi connectivity index (χ4v) is 2.29. The first-order valence-electron chi connectivity index (χ1n) is 8.41. The van der Waals surface area contributed by atoms with Gasteiger partial charge >= 0.3 is 0 Å². The minimum atomic E-state index is -0.0757. The van der Waals surface area contributed by atoms with Crippen molar-refractivity contribution in [1.82, 2.24) is 24.8 Å². The summed E-state index contributed by atoms with van der Waals surface area (Å²) in [5, 5.41) is 3.16. The summed E-state index contributed by atoms with van der Waals surface area (Å²) in [4.78, 5) is 28.7. The Balaban J connectivity index is 1.80. The van der Waals surface area contributed by atoms with E-state index in [2.05, 4.69) is 25.2 Å². The van der Waals surface area contributed by atoms with Gasteiger partial charge in [0, 0.05) is 44.9 Å². The highest BCUT2D eigenvalue weighted by atomic mass is 16.2. The Labute approximate surface area is 149 Å². The number of amides is 1. The normalized spacial score (nSPS) is 10.7. The van der Waals surface area contributed by atoms with E-state index in [1.165, 1.54) is 0 Å². The quantitative estimate of drug-likeness (QED) is 0.697. The molecule has 0 atom stereocenters. The van der Waals surface area contributed by atoms with Crippen LogP contribution in [0.4, 0.5) is 5.95 Å². The third-order valence-corrected chi connectivity index (χ3v) is 3.80. The van der Waals surface area contributed by atoms with Crippen molar-refractivity contribution in [2.45, 2.75) is 12.8 Å². The van der Waals surface area contributed by atoms with Gasteiger partial charge in [-0.25, -0.2) is 9.97 Å². The van der Waals surface area contributed by atoms with Crippen molar-refractivity contribution in [3.8, 4) is 0 Å². The highest BCUT2D eigenvalue weighted by Gasteiger charge is 2.12. The van der Waals surface area contributed by atoms with E-state index in [-0.39, 0.29) is 5.91 Å². The van der Waals surface area contributed by atoms with Crippen LogP contribution in [0.25, 0.3) is 0 Å². The summed E-state index contributed by atoms with van der Waals surface area (Å²) in [5.74, 6) is 0.475.